The Balaban J connectivity index is 1.81. The van der Waals surface area contributed by atoms with Gasteiger partial charge in [0.05, 0.1) is 12.7 Å². The average molecular weight is 230 g/mol. The molecule has 1 heterocycles. The van der Waals surface area contributed by atoms with Gasteiger partial charge in [-0.05, 0) is 24.5 Å². The Morgan fingerprint density at radius 2 is 2.18 bits per heavy atom. The lowest BCUT2D eigenvalue weighted by Gasteiger charge is -2.28. The normalized spacial score (nSPS) is 17.2. The fourth-order valence-corrected chi connectivity index (χ4v) is 2.14. The van der Waals surface area contributed by atoms with E-state index in [9.17, 15) is 0 Å². The first kappa shape index (κ1) is 12.1. The number of ether oxygens (including phenoxy) is 1. The van der Waals surface area contributed by atoms with Crippen LogP contribution < -0.4 is 0 Å². The van der Waals surface area contributed by atoms with Gasteiger partial charge in [-0.25, -0.2) is 0 Å². The highest BCUT2D eigenvalue weighted by Gasteiger charge is 2.15. The van der Waals surface area contributed by atoms with Crippen molar-refractivity contribution in [3.05, 3.63) is 35.4 Å². The van der Waals surface area contributed by atoms with Gasteiger partial charge in [0.2, 0.25) is 0 Å². The summed E-state index contributed by atoms with van der Waals surface area (Å²) in [5.41, 5.74) is 2.89. The van der Waals surface area contributed by atoms with Crippen LogP contribution in [0.5, 0.6) is 0 Å². The first-order valence-electron chi connectivity index (χ1n) is 6.10. The number of benzene rings is 1. The van der Waals surface area contributed by atoms with Crippen LogP contribution in [0.25, 0.3) is 0 Å². The van der Waals surface area contributed by atoms with E-state index >= 15 is 0 Å². The van der Waals surface area contributed by atoms with E-state index in [1.807, 2.05) is 0 Å². The third kappa shape index (κ3) is 3.29. The van der Waals surface area contributed by atoms with Gasteiger partial charge in [0.1, 0.15) is 6.10 Å². The van der Waals surface area contributed by atoms with Crippen LogP contribution in [0.1, 0.15) is 18.1 Å². The van der Waals surface area contributed by atoms with Gasteiger partial charge in [0, 0.05) is 19.6 Å². The Bertz CT molecular complexity index is 411. The maximum absolute atomic E-state index is 8.61. The standard InChI is InChI=1S/C14H18N2O/c1-12(10-15)17-9-8-16-7-6-13-4-2-3-5-14(13)11-16/h2-5,12H,6-9,11H2,1H3. The highest BCUT2D eigenvalue weighted by molar-refractivity contribution is 5.28. The largest absolute Gasteiger partial charge is 0.362 e. The molecule has 0 fully saturated rings. The Kier molecular flexibility index (Phi) is 4.13. The van der Waals surface area contributed by atoms with E-state index in [4.69, 9.17) is 10.00 Å². The molecule has 0 amide bonds. The summed E-state index contributed by atoms with van der Waals surface area (Å²) in [6.45, 7) is 5.41. The Labute approximate surface area is 103 Å². The highest BCUT2D eigenvalue weighted by atomic mass is 16.5. The Hall–Kier alpha value is -1.37. The van der Waals surface area contributed by atoms with Crippen LogP contribution in [-0.4, -0.2) is 30.7 Å². The van der Waals surface area contributed by atoms with Gasteiger partial charge in [0.25, 0.3) is 0 Å². The van der Waals surface area contributed by atoms with Gasteiger partial charge in [-0.15, -0.1) is 0 Å². The minimum Gasteiger partial charge on any atom is -0.362 e. The van der Waals surface area contributed by atoms with Crippen molar-refractivity contribution >= 4 is 0 Å². The molecule has 1 aromatic carbocycles. The molecule has 0 N–H and O–H groups in total. The van der Waals surface area contributed by atoms with Gasteiger partial charge >= 0.3 is 0 Å². The summed E-state index contributed by atoms with van der Waals surface area (Å²) in [5.74, 6) is 0. The van der Waals surface area contributed by atoms with Crippen LogP contribution >= 0.6 is 0 Å². The topological polar surface area (TPSA) is 36.3 Å². The quantitative estimate of drug-likeness (QED) is 0.793. The van der Waals surface area contributed by atoms with E-state index < -0.39 is 0 Å². The smallest absolute Gasteiger partial charge is 0.141 e. The first-order valence-corrected chi connectivity index (χ1v) is 6.10. The van der Waals surface area contributed by atoms with E-state index in [0.717, 1.165) is 26.1 Å². The Morgan fingerprint density at radius 1 is 1.41 bits per heavy atom. The fourth-order valence-electron chi connectivity index (χ4n) is 2.14. The molecule has 0 aliphatic carbocycles. The van der Waals surface area contributed by atoms with Crippen molar-refractivity contribution in [2.75, 3.05) is 19.7 Å². The third-order valence-electron chi connectivity index (χ3n) is 3.17. The number of hydrogen-bond donors (Lipinski definition) is 0. The second kappa shape index (κ2) is 5.81. The zero-order valence-corrected chi connectivity index (χ0v) is 10.2. The van der Waals surface area contributed by atoms with E-state index in [0.29, 0.717) is 6.61 Å². The summed E-state index contributed by atoms with van der Waals surface area (Å²) in [5, 5.41) is 8.61. The molecule has 1 atom stereocenters. The minimum atomic E-state index is -0.299. The van der Waals surface area contributed by atoms with Crippen molar-refractivity contribution in [3.63, 3.8) is 0 Å². The van der Waals surface area contributed by atoms with Crippen molar-refractivity contribution in [2.24, 2.45) is 0 Å². The molecule has 1 aliphatic rings. The second-order valence-corrected chi connectivity index (χ2v) is 4.44. The Morgan fingerprint density at radius 3 is 2.94 bits per heavy atom. The van der Waals surface area contributed by atoms with Crippen molar-refractivity contribution in [1.82, 2.24) is 4.90 Å². The summed E-state index contributed by atoms with van der Waals surface area (Å²) in [7, 11) is 0. The molecule has 1 unspecified atom stereocenters. The summed E-state index contributed by atoms with van der Waals surface area (Å²) in [4.78, 5) is 2.38. The zero-order valence-electron chi connectivity index (χ0n) is 10.2. The van der Waals surface area contributed by atoms with Crippen molar-refractivity contribution < 1.29 is 4.74 Å². The van der Waals surface area contributed by atoms with Crippen LogP contribution in [-0.2, 0) is 17.7 Å². The predicted octanol–water partition coefficient (Wildman–Crippen LogP) is 1.97. The molecule has 90 valence electrons. The SMILES string of the molecule is CC(C#N)OCCN1CCc2ccccc2C1. The molecule has 17 heavy (non-hydrogen) atoms. The van der Waals surface area contributed by atoms with Crippen LogP contribution in [0.4, 0.5) is 0 Å². The number of rotatable bonds is 4. The van der Waals surface area contributed by atoms with E-state index in [-0.39, 0.29) is 6.10 Å². The number of hydrogen-bond acceptors (Lipinski definition) is 3. The summed E-state index contributed by atoms with van der Waals surface area (Å²) < 4.78 is 5.38. The molecule has 0 saturated carbocycles. The predicted molar refractivity (Wildman–Crippen MR) is 66.5 cm³/mol. The van der Waals surface area contributed by atoms with Gasteiger partial charge in [-0.3, -0.25) is 4.90 Å². The van der Waals surface area contributed by atoms with E-state index in [1.165, 1.54) is 11.1 Å². The van der Waals surface area contributed by atoms with Crippen LogP contribution in [0, 0.1) is 11.3 Å². The molecule has 0 aromatic heterocycles. The molecular weight excluding hydrogens is 212 g/mol. The molecule has 0 radical (unpaired) electrons. The fraction of sp³-hybridized carbons (Fsp3) is 0.500. The summed E-state index contributed by atoms with van der Waals surface area (Å²) in [6, 6.07) is 10.7. The monoisotopic (exact) mass is 230 g/mol. The zero-order chi connectivity index (χ0) is 12.1. The molecule has 0 bridgehead atoms. The molecule has 0 saturated heterocycles. The summed E-state index contributed by atoms with van der Waals surface area (Å²) in [6.07, 6.45) is 0.816. The van der Waals surface area contributed by atoms with E-state index in [1.54, 1.807) is 6.92 Å². The maximum Gasteiger partial charge on any atom is 0.141 e. The van der Waals surface area contributed by atoms with Crippen molar-refractivity contribution in [2.45, 2.75) is 26.0 Å². The molecule has 2 rings (SSSR count). The minimum absolute atomic E-state index is 0.299. The number of nitrogens with zero attached hydrogens (tertiary/aromatic N) is 2. The third-order valence-corrected chi connectivity index (χ3v) is 3.17. The lowest BCUT2D eigenvalue weighted by molar-refractivity contribution is 0.0748. The van der Waals surface area contributed by atoms with Gasteiger partial charge in [-0.1, -0.05) is 24.3 Å². The second-order valence-electron chi connectivity index (χ2n) is 4.44. The molecule has 1 aliphatic heterocycles. The van der Waals surface area contributed by atoms with Crippen molar-refractivity contribution in [1.29, 1.82) is 5.26 Å². The maximum atomic E-state index is 8.61. The van der Waals surface area contributed by atoms with Gasteiger partial charge in [0.15, 0.2) is 0 Å². The van der Waals surface area contributed by atoms with Gasteiger partial charge in [-0.2, -0.15) is 5.26 Å². The molecule has 3 nitrogen and oxygen atoms in total. The summed E-state index contributed by atoms with van der Waals surface area (Å²) >= 11 is 0. The van der Waals surface area contributed by atoms with Crippen LogP contribution in [0.2, 0.25) is 0 Å². The van der Waals surface area contributed by atoms with Crippen LogP contribution in [0.15, 0.2) is 24.3 Å². The molecule has 0 spiro atoms. The molecule has 1 aromatic rings. The molecular formula is C14H18N2O. The lowest BCUT2D eigenvalue weighted by atomic mass is 10.0. The van der Waals surface area contributed by atoms with Crippen LogP contribution in [0.3, 0.4) is 0 Å². The lowest BCUT2D eigenvalue weighted by Crippen LogP contribution is -2.33. The number of fused-ring (bicyclic) bond motifs is 1. The average Bonchev–Trinajstić information content (AvgIpc) is 2.38. The highest BCUT2D eigenvalue weighted by Crippen LogP contribution is 2.17. The van der Waals surface area contributed by atoms with E-state index in [2.05, 4.69) is 35.2 Å². The number of nitriles is 1. The molecule has 3 heteroatoms. The van der Waals surface area contributed by atoms with Gasteiger partial charge < -0.3 is 4.74 Å². The first-order chi connectivity index (χ1) is 8.29. The van der Waals surface area contributed by atoms with Crippen molar-refractivity contribution in [3.8, 4) is 6.07 Å².